The predicted molar refractivity (Wildman–Crippen MR) is 112 cm³/mol. The summed E-state index contributed by atoms with van der Waals surface area (Å²) < 4.78 is 0. The van der Waals surface area contributed by atoms with Crippen LogP contribution in [0.25, 0.3) is 0 Å². The molecule has 0 amide bonds. The summed E-state index contributed by atoms with van der Waals surface area (Å²) in [4.78, 5) is 9.80. The molecule has 0 aromatic carbocycles. The predicted octanol–water partition coefficient (Wildman–Crippen LogP) is 2.38. The lowest BCUT2D eigenvalue weighted by Crippen LogP contribution is -2.46. The van der Waals surface area contributed by atoms with Crippen molar-refractivity contribution in [3.05, 3.63) is 0 Å². The Morgan fingerprint density at radius 2 is 1.70 bits per heavy atom. The Morgan fingerprint density at radius 1 is 1.04 bits per heavy atom. The van der Waals surface area contributed by atoms with E-state index in [-0.39, 0.29) is 24.0 Å². The summed E-state index contributed by atoms with van der Waals surface area (Å²) in [5.74, 6) is 0.966. The Morgan fingerprint density at radius 3 is 2.26 bits per heavy atom. The molecule has 0 spiro atoms. The van der Waals surface area contributed by atoms with Gasteiger partial charge in [0.25, 0.3) is 0 Å². The quantitative estimate of drug-likeness (QED) is 0.251. The molecule has 0 aromatic rings. The average Bonchev–Trinajstić information content (AvgIpc) is 2.55. The topological polar surface area (TPSA) is 42.9 Å². The van der Waals surface area contributed by atoms with Gasteiger partial charge in [0.1, 0.15) is 0 Å². The van der Waals surface area contributed by atoms with Crippen LogP contribution in [0.4, 0.5) is 0 Å². The summed E-state index contributed by atoms with van der Waals surface area (Å²) in [6.45, 7) is 17.9. The van der Waals surface area contributed by atoms with Crippen LogP contribution in [0, 0.1) is 0 Å². The second kappa shape index (κ2) is 14.3. The van der Waals surface area contributed by atoms with Crippen LogP contribution in [0.15, 0.2) is 4.99 Å². The van der Waals surface area contributed by atoms with E-state index in [1.807, 2.05) is 0 Å². The Kier molecular flexibility index (Phi) is 14.2. The SMILES string of the molecule is CCNC(=NCCCCN1CCN(CC)CC1)NC(C)CC.I. The molecular weight excluding hydrogens is 401 g/mol. The van der Waals surface area contributed by atoms with Gasteiger partial charge in [-0.1, -0.05) is 13.8 Å². The number of hydrogen-bond acceptors (Lipinski definition) is 3. The van der Waals surface area contributed by atoms with Crippen molar-refractivity contribution in [2.24, 2.45) is 4.99 Å². The Balaban J connectivity index is 0.00000484. The first-order chi connectivity index (χ1) is 10.7. The number of halogens is 1. The first kappa shape index (κ1) is 22.9. The lowest BCUT2D eigenvalue weighted by atomic mass is 10.2. The molecule has 5 nitrogen and oxygen atoms in total. The molecule has 1 saturated heterocycles. The summed E-state index contributed by atoms with van der Waals surface area (Å²) in [5, 5.41) is 6.76. The molecule has 23 heavy (non-hydrogen) atoms. The number of rotatable bonds is 9. The van der Waals surface area contributed by atoms with E-state index in [4.69, 9.17) is 0 Å². The number of guanidine groups is 1. The third-order valence-corrected chi connectivity index (χ3v) is 4.40. The lowest BCUT2D eigenvalue weighted by molar-refractivity contribution is 0.136. The van der Waals surface area contributed by atoms with Crippen LogP contribution < -0.4 is 10.6 Å². The van der Waals surface area contributed by atoms with Crippen molar-refractivity contribution in [1.29, 1.82) is 0 Å². The van der Waals surface area contributed by atoms with Crippen molar-refractivity contribution in [2.45, 2.75) is 53.0 Å². The number of piperazine rings is 1. The van der Waals surface area contributed by atoms with Gasteiger partial charge in [0.15, 0.2) is 5.96 Å². The molecule has 138 valence electrons. The first-order valence-corrected chi connectivity index (χ1v) is 9.19. The lowest BCUT2D eigenvalue weighted by Gasteiger charge is -2.33. The maximum atomic E-state index is 4.68. The number of aliphatic imine (C=N–C) groups is 1. The van der Waals surface area contributed by atoms with Gasteiger partial charge in [-0.25, -0.2) is 0 Å². The molecule has 6 heteroatoms. The second-order valence-corrected chi connectivity index (χ2v) is 6.20. The van der Waals surface area contributed by atoms with Crippen molar-refractivity contribution in [3.8, 4) is 0 Å². The minimum absolute atomic E-state index is 0. The molecule has 0 bridgehead atoms. The van der Waals surface area contributed by atoms with E-state index in [9.17, 15) is 0 Å². The first-order valence-electron chi connectivity index (χ1n) is 9.19. The van der Waals surface area contributed by atoms with Gasteiger partial charge in [-0.2, -0.15) is 0 Å². The number of hydrogen-bond donors (Lipinski definition) is 2. The van der Waals surface area contributed by atoms with Gasteiger partial charge in [-0.05, 0) is 46.2 Å². The zero-order chi connectivity index (χ0) is 16.2. The van der Waals surface area contributed by atoms with Gasteiger partial charge in [0, 0.05) is 45.3 Å². The third-order valence-electron chi connectivity index (χ3n) is 4.40. The summed E-state index contributed by atoms with van der Waals surface area (Å²) in [7, 11) is 0. The van der Waals surface area contributed by atoms with Crippen LogP contribution in [0.2, 0.25) is 0 Å². The molecule has 2 N–H and O–H groups in total. The number of unbranched alkanes of at least 4 members (excludes halogenated alkanes) is 1. The minimum atomic E-state index is 0. The second-order valence-electron chi connectivity index (χ2n) is 6.20. The fourth-order valence-electron chi connectivity index (χ4n) is 2.62. The molecule has 1 aliphatic heterocycles. The number of likely N-dealkylation sites (N-methyl/N-ethyl adjacent to an activating group) is 1. The molecule has 1 aliphatic rings. The molecule has 1 rings (SSSR count). The molecule has 0 aromatic heterocycles. The maximum Gasteiger partial charge on any atom is 0.191 e. The molecule has 1 fully saturated rings. The van der Waals surface area contributed by atoms with Gasteiger partial charge in [-0.15, -0.1) is 24.0 Å². The minimum Gasteiger partial charge on any atom is -0.357 e. The van der Waals surface area contributed by atoms with Crippen molar-refractivity contribution in [2.75, 3.05) is 52.4 Å². The number of nitrogens with one attached hydrogen (secondary N) is 2. The van der Waals surface area contributed by atoms with Gasteiger partial charge in [0.05, 0.1) is 0 Å². The normalized spacial score (nSPS) is 18.3. The molecule has 1 atom stereocenters. The molecule has 0 radical (unpaired) electrons. The zero-order valence-corrected chi connectivity index (χ0v) is 17.9. The summed E-state index contributed by atoms with van der Waals surface area (Å²) in [6.07, 6.45) is 3.54. The maximum absolute atomic E-state index is 4.68. The standard InChI is InChI=1S/C17H37N5.HI/c1-5-16(4)20-17(18-6-2)19-10-8-9-11-22-14-12-21(7-3)13-15-22;/h16H,5-15H2,1-4H3,(H2,18,19,20);1H. The Hall–Kier alpha value is -0.0800. The van der Waals surface area contributed by atoms with E-state index in [0.29, 0.717) is 6.04 Å². The molecule has 1 unspecified atom stereocenters. The van der Waals surface area contributed by atoms with Crippen molar-refractivity contribution in [3.63, 3.8) is 0 Å². The molecule has 0 aliphatic carbocycles. The monoisotopic (exact) mass is 439 g/mol. The zero-order valence-electron chi connectivity index (χ0n) is 15.6. The van der Waals surface area contributed by atoms with E-state index in [1.54, 1.807) is 0 Å². The average molecular weight is 439 g/mol. The molecule has 1 heterocycles. The molecule has 0 saturated carbocycles. The Bertz CT molecular complexity index is 303. The van der Waals surface area contributed by atoms with Gasteiger partial charge in [-0.3, -0.25) is 4.99 Å². The van der Waals surface area contributed by atoms with Crippen LogP contribution >= 0.6 is 24.0 Å². The van der Waals surface area contributed by atoms with Crippen molar-refractivity contribution >= 4 is 29.9 Å². The van der Waals surface area contributed by atoms with Crippen LogP contribution in [0.3, 0.4) is 0 Å². The van der Waals surface area contributed by atoms with Crippen LogP contribution in [-0.2, 0) is 0 Å². The van der Waals surface area contributed by atoms with Gasteiger partial charge in [0.2, 0.25) is 0 Å². The van der Waals surface area contributed by atoms with Crippen molar-refractivity contribution in [1.82, 2.24) is 20.4 Å². The highest BCUT2D eigenvalue weighted by molar-refractivity contribution is 14.0. The van der Waals surface area contributed by atoms with E-state index in [2.05, 4.69) is 53.1 Å². The van der Waals surface area contributed by atoms with E-state index in [1.165, 1.54) is 52.1 Å². The Labute approximate surface area is 160 Å². The summed E-state index contributed by atoms with van der Waals surface area (Å²) >= 11 is 0. The van der Waals surface area contributed by atoms with Gasteiger partial charge < -0.3 is 20.4 Å². The van der Waals surface area contributed by atoms with Crippen LogP contribution in [0.5, 0.6) is 0 Å². The van der Waals surface area contributed by atoms with Gasteiger partial charge >= 0.3 is 0 Å². The highest BCUT2D eigenvalue weighted by atomic mass is 127. The third kappa shape index (κ3) is 10.4. The van der Waals surface area contributed by atoms with E-state index < -0.39 is 0 Å². The highest BCUT2D eigenvalue weighted by Crippen LogP contribution is 2.03. The van der Waals surface area contributed by atoms with Crippen LogP contribution in [-0.4, -0.2) is 74.2 Å². The summed E-state index contributed by atoms with van der Waals surface area (Å²) in [5.41, 5.74) is 0. The van der Waals surface area contributed by atoms with Crippen molar-refractivity contribution < 1.29 is 0 Å². The fraction of sp³-hybridized carbons (Fsp3) is 0.941. The molecular formula is C17H38IN5. The number of nitrogens with zero attached hydrogens (tertiary/aromatic N) is 3. The van der Waals surface area contributed by atoms with Crippen LogP contribution in [0.1, 0.15) is 47.0 Å². The fourth-order valence-corrected chi connectivity index (χ4v) is 2.62. The largest absolute Gasteiger partial charge is 0.357 e. The van der Waals surface area contributed by atoms with E-state index in [0.717, 1.165) is 25.5 Å². The summed E-state index contributed by atoms with van der Waals surface area (Å²) in [6, 6.07) is 0.479. The van der Waals surface area contributed by atoms with E-state index >= 15 is 0 Å². The highest BCUT2D eigenvalue weighted by Gasteiger charge is 2.14. The smallest absolute Gasteiger partial charge is 0.191 e.